The topological polar surface area (TPSA) is 86.3 Å². The molecule has 4 rings (SSSR count). The van der Waals surface area contributed by atoms with Gasteiger partial charge in [-0.15, -0.1) is 0 Å². The van der Waals surface area contributed by atoms with Gasteiger partial charge in [-0.05, 0) is 24.6 Å². The van der Waals surface area contributed by atoms with Gasteiger partial charge in [0.25, 0.3) is 0 Å². The molecule has 0 amide bonds. The van der Waals surface area contributed by atoms with Crippen molar-refractivity contribution < 1.29 is 0 Å². The highest BCUT2D eigenvalue weighted by Crippen LogP contribution is 2.28. The first-order valence-electron chi connectivity index (χ1n) is 8.52. The van der Waals surface area contributed by atoms with Gasteiger partial charge in [-0.2, -0.15) is 10.2 Å². The minimum Gasteiger partial charge on any atom is -0.361 e. The Morgan fingerprint density at radius 1 is 1.04 bits per heavy atom. The summed E-state index contributed by atoms with van der Waals surface area (Å²) < 4.78 is 3.64. The van der Waals surface area contributed by atoms with Gasteiger partial charge in [-0.25, -0.2) is 9.97 Å². The molecule has 0 bridgehead atoms. The van der Waals surface area contributed by atoms with Crippen molar-refractivity contribution in [2.24, 2.45) is 14.1 Å². The molecule has 0 radical (unpaired) electrons. The molecule has 8 heteroatoms. The van der Waals surface area contributed by atoms with Gasteiger partial charge < -0.3 is 5.32 Å². The lowest BCUT2D eigenvalue weighted by Crippen LogP contribution is -2.15. The third-order valence-electron chi connectivity index (χ3n) is 4.45. The number of anilines is 1. The summed E-state index contributed by atoms with van der Waals surface area (Å²) in [6, 6.07) is 5.93. The van der Waals surface area contributed by atoms with Crippen molar-refractivity contribution in [1.29, 1.82) is 0 Å². The predicted octanol–water partition coefficient (Wildman–Crippen LogP) is 2.72. The highest BCUT2D eigenvalue weighted by Gasteiger charge is 2.18. The average Bonchev–Trinajstić information content (AvgIpc) is 3.26. The van der Waals surface area contributed by atoms with Crippen LogP contribution in [0, 0.1) is 0 Å². The minimum absolute atomic E-state index is 0.0857. The zero-order chi connectivity index (χ0) is 18.1. The van der Waals surface area contributed by atoms with Crippen LogP contribution in [-0.4, -0.2) is 34.5 Å². The molecule has 1 N–H and O–H groups in total. The largest absolute Gasteiger partial charge is 0.361 e. The molecule has 0 aliphatic heterocycles. The van der Waals surface area contributed by atoms with Crippen LogP contribution < -0.4 is 5.32 Å². The Balaban J connectivity index is 1.82. The van der Waals surface area contributed by atoms with E-state index in [1.165, 1.54) is 0 Å². The van der Waals surface area contributed by atoms with Crippen LogP contribution in [-0.2, 0) is 14.1 Å². The summed E-state index contributed by atoms with van der Waals surface area (Å²) in [7, 11) is 3.82. The molecule has 4 aromatic heterocycles. The maximum absolute atomic E-state index is 4.77. The van der Waals surface area contributed by atoms with Crippen molar-refractivity contribution in [3.63, 3.8) is 0 Å². The van der Waals surface area contributed by atoms with Gasteiger partial charge in [0.15, 0.2) is 11.5 Å². The maximum atomic E-state index is 4.77. The standard InChI is InChI=1S/C18H20N8/c1-4-14(15-7-9-20-25(15)2)22-17-13-11-21-26(3)18(13)24-16(23-17)12-6-5-8-19-10-12/h5-11,14H,4H2,1-3H3,(H,22,23,24)/t14-/m0/s1. The van der Waals surface area contributed by atoms with Crippen molar-refractivity contribution in [2.45, 2.75) is 19.4 Å². The first-order valence-corrected chi connectivity index (χ1v) is 8.52. The molecule has 1 atom stereocenters. The highest BCUT2D eigenvalue weighted by molar-refractivity contribution is 5.88. The zero-order valence-corrected chi connectivity index (χ0v) is 15.0. The number of fused-ring (bicyclic) bond motifs is 1. The van der Waals surface area contributed by atoms with Crippen molar-refractivity contribution >= 4 is 16.9 Å². The van der Waals surface area contributed by atoms with E-state index in [0.717, 1.165) is 34.5 Å². The molecule has 0 saturated heterocycles. The second-order valence-corrected chi connectivity index (χ2v) is 6.13. The van der Waals surface area contributed by atoms with Gasteiger partial charge in [0.1, 0.15) is 5.82 Å². The van der Waals surface area contributed by atoms with E-state index in [9.17, 15) is 0 Å². The van der Waals surface area contributed by atoms with Gasteiger partial charge in [-0.3, -0.25) is 14.3 Å². The van der Waals surface area contributed by atoms with Crippen molar-refractivity contribution in [3.05, 3.63) is 48.7 Å². The molecular weight excluding hydrogens is 328 g/mol. The number of hydrogen-bond acceptors (Lipinski definition) is 6. The van der Waals surface area contributed by atoms with E-state index < -0.39 is 0 Å². The molecule has 132 valence electrons. The normalized spacial score (nSPS) is 12.4. The number of hydrogen-bond donors (Lipinski definition) is 1. The van der Waals surface area contributed by atoms with E-state index in [1.54, 1.807) is 29.5 Å². The van der Waals surface area contributed by atoms with Crippen LogP contribution in [0.15, 0.2) is 43.0 Å². The van der Waals surface area contributed by atoms with Crippen molar-refractivity contribution in [2.75, 3.05) is 5.32 Å². The van der Waals surface area contributed by atoms with Crippen LogP contribution >= 0.6 is 0 Å². The lowest BCUT2D eigenvalue weighted by molar-refractivity contribution is 0.632. The van der Waals surface area contributed by atoms with E-state index in [-0.39, 0.29) is 6.04 Å². The molecule has 0 aliphatic carbocycles. The lowest BCUT2D eigenvalue weighted by Gasteiger charge is -2.19. The van der Waals surface area contributed by atoms with Crippen LogP contribution in [0.3, 0.4) is 0 Å². The fourth-order valence-electron chi connectivity index (χ4n) is 3.03. The van der Waals surface area contributed by atoms with E-state index in [2.05, 4.69) is 32.4 Å². The summed E-state index contributed by atoms with van der Waals surface area (Å²) in [5, 5.41) is 13.1. The summed E-state index contributed by atoms with van der Waals surface area (Å²) >= 11 is 0. The summed E-state index contributed by atoms with van der Waals surface area (Å²) in [4.78, 5) is 13.6. The molecule has 4 heterocycles. The Labute approximate surface area is 150 Å². The number of aryl methyl sites for hydroxylation is 2. The number of aromatic nitrogens is 7. The molecule has 8 nitrogen and oxygen atoms in total. The van der Waals surface area contributed by atoms with E-state index >= 15 is 0 Å². The Morgan fingerprint density at radius 3 is 2.62 bits per heavy atom. The van der Waals surface area contributed by atoms with Gasteiger partial charge in [0.05, 0.1) is 23.3 Å². The SMILES string of the molecule is CC[C@H](Nc1nc(-c2cccnc2)nc2c1cnn2C)c1ccnn1C. The van der Waals surface area contributed by atoms with Gasteiger partial charge in [0, 0.05) is 38.2 Å². The summed E-state index contributed by atoms with van der Waals surface area (Å²) in [6.07, 6.45) is 8.00. The van der Waals surface area contributed by atoms with E-state index in [4.69, 9.17) is 4.98 Å². The molecule has 0 fully saturated rings. The van der Waals surface area contributed by atoms with Crippen LogP contribution in [0.2, 0.25) is 0 Å². The van der Waals surface area contributed by atoms with Crippen LogP contribution in [0.4, 0.5) is 5.82 Å². The van der Waals surface area contributed by atoms with Crippen molar-refractivity contribution in [3.8, 4) is 11.4 Å². The number of nitrogens with zero attached hydrogens (tertiary/aromatic N) is 7. The zero-order valence-electron chi connectivity index (χ0n) is 15.0. The molecule has 0 unspecified atom stereocenters. The fourth-order valence-corrected chi connectivity index (χ4v) is 3.03. The summed E-state index contributed by atoms with van der Waals surface area (Å²) in [6.45, 7) is 2.13. The summed E-state index contributed by atoms with van der Waals surface area (Å²) in [5.74, 6) is 1.38. The molecular formula is C18H20N8. The Bertz CT molecular complexity index is 1030. The van der Waals surface area contributed by atoms with Crippen LogP contribution in [0.5, 0.6) is 0 Å². The Morgan fingerprint density at radius 2 is 1.92 bits per heavy atom. The second kappa shape index (κ2) is 6.55. The lowest BCUT2D eigenvalue weighted by atomic mass is 10.1. The van der Waals surface area contributed by atoms with E-state index in [0.29, 0.717) is 5.82 Å². The third kappa shape index (κ3) is 2.79. The molecule has 4 aromatic rings. The quantitative estimate of drug-likeness (QED) is 0.597. The monoisotopic (exact) mass is 348 g/mol. The predicted molar refractivity (Wildman–Crippen MR) is 99.4 cm³/mol. The summed E-state index contributed by atoms with van der Waals surface area (Å²) in [5.41, 5.74) is 2.75. The Hall–Kier alpha value is -3.29. The smallest absolute Gasteiger partial charge is 0.165 e. The van der Waals surface area contributed by atoms with Gasteiger partial charge in [0.2, 0.25) is 0 Å². The van der Waals surface area contributed by atoms with Gasteiger partial charge >= 0.3 is 0 Å². The third-order valence-corrected chi connectivity index (χ3v) is 4.45. The molecule has 0 aliphatic rings. The second-order valence-electron chi connectivity index (χ2n) is 6.13. The molecule has 0 spiro atoms. The number of rotatable bonds is 5. The minimum atomic E-state index is 0.0857. The molecule has 0 aromatic carbocycles. The first kappa shape index (κ1) is 16.2. The highest BCUT2D eigenvalue weighted by atomic mass is 15.3. The Kier molecular flexibility index (Phi) is 4.08. The number of pyridine rings is 1. The van der Waals surface area contributed by atoms with Crippen LogP contribution in [0.25, 0.3) is 22.4 Å². The van der Waals surface area contributed by atoms with Gasteiger partial charge in [-0.1, -0.05) is 6.92 Å². The molecule has 0 saturated carbocycles. The fraction of sp³-hybridized carbons (Fsp3) is 0.278. The van der Waals surface area contributed by atoms with E-state index in [1.807, 2.05) is 37.0 Å². The van der Waals surface area contributed by atoms with Crippen LogP contribution in [0.1, 0.15) is 25.1 Å². The molecule has 26 heavy (non-hydrogen) atoms. The van der Waals surface area contributed by atoms with Crippen molar-refractivity contribution in [1.82, 2.24) is 34.5 Å². The maximum Gasteiger partial charge on any atom is 0.165 e. The first-order chi connectivity index (χ1) is 12.7. The number of nitrogens with one attached hydrogen (secondary N) is 1. The average molecular weight is 348 g/mol.